The molecule has 1 aliphatic heterocycles. The van der Waals surface area contributed by atoms with E-state index >= 15 is 0 Å². The molecule has 0 spiro atoms. The zero-order valence-corrected chi connectivity index (χ0v) is 21.2. The van der Waals surface area contributed by atoms with Gasteiger partial charge >= 0.3 is 0 Å². The second-order valence-corrected chi connectivity index (χ2v) is 12.4. The summed E-state index contributed by atoms with van der Waals surface area (Å²) in [4.78, 5) is 11.5. The van der Waals surface area contributed by atoms with Gasteiger partial charge in [0.2, 0.25) is 5.95 Å². The van der Waals surface area contributed by atoms with Gasteiger partial charge in [0.25, 0.3) is 10.0 Å². The summed E-state index contributed by atoms with van der Waals surface area (Å²) in [7, 11) is -3.52. The third-order valence-electron chi connectivity index (χ3n) is 5.63. The number of fused-ring (bicyclic) bond motifs is 1. The molecule has 4 aromatic rings. The molecule has 2 aromatic heterocycles. The first-order valence-electron chi connectivity index (χ1n) is 10.7. The Kier molecular flexibility index (Phi) is 6.52. The molecule has 0 bridgehead atoms. The Morgan fingerprint density at radius 3 is 2.41 bits per heavy atom. The number of thiophene rings is 1. The first-order chi connectivity index (χ1) is 16.4. The van der Waals surface area contributed by atoms with E-state index in [2.05, 4.69) is 21.2 Å². The number of hydrogen-bond donors (Lipinski definition) is 1. The van der Waals surface area contributed by atoms with E-state index < -0.39 is 10.0 Å². The van der Waals surface area contributed by atoms with Crippen LogP contribution in [0.3, 0.4) is 0 Å². The molecule has 7 nitrogen and oxygen atoms in total. The molecular weight excluding hydrogens is 541 g/mol. The summed E-state index contributed by atoms with van der Waals surface area (Å²) in [5.41, 5.74) is 1.73. The van der Waals surface area contributed by atoms with E-state index in [1.807, 2.05) is 29.2 Å². The highest BCUT2D eigenvalue weighted by Gasteiger charge is 2.30. The molecule has 3 heterocycles. The second-order valence-electron chi connectivity index (χ2n) is 7.82. The first kappa shape index (κ1) is 23.2. The van der Waals surface area contributed by atoms with Gasteiger partial charge in [-0.25, -0.2) is 17.8 Å². The smallest absolute Gasteiger partial charge is 0.252 e. The van der Waals surface area contributed by atoms with Crippen molar-refractivity contribution in [3.05, 3.63) is 75.8 Å². The minimum absolute atomic E-state index is 0.272. The average molecular weight is 562 g/mol. The fourth-order valence-electron chi connectivity index (χ4n) is 3.82. The van der Waals surface area contributed by atoms with Gasteiger partial charge in [-0.15, -0.1) is 11.3 Å². The highest BCUT2D eigenvalue weighted by atomic mass is 79.9. The van der Waals surface area contributed by atoms with Crippen LogP contribution < -0.4 is 10.2 Å². The lowest BCUT2D eigenvalue weighted by atomic mass is 10.2. The van der Waals surface area contributed by atoms with Crippen LogP contribution in [0.1, 0.15) is 5.56 Å². The van der Waals surface area contributed by atoms with Crippen LogP contribution in [0.2, 0.25) is 0 Å². The number of rotatable bonds is 6. The molecular formula is C23H21BrFN5O2S2. The molecule has 0 atom stereocenters. The Hall–Kier alpha value is -2.60. The van der Waals surface area contributed by atoms with E-state index in [9.17, 15) is 12.8 Å². The van der Waals surface area contributed by atoms with Crippen molar-refractivity contribution in [3.63, 3.8) is 0 Å². The quantitative estimate of drug-likeness (QED) is 0.367. The second kappa shape index (κ2) is 9.57. The van der Waals surface area contributed by atoms with Crippen molar-refractivity contribution in [2.45, 2.75) is 10.8 Å². The lowest BCUT2D eigenvalue weighted by Crippen LogP contribution is -2.49. The Balaban J connectivity index is 1.35. The fourth-order valence-corrected chi connectivity index (χ4v) is 7.41. The summed E-state index contributed by atoms with van der Waals surface area (Å²) < 4.78 is 41.8. The van der Waals surface area contributed by atoms with E-state index in [1.165, 1.54) is 27.8 Å². The Bertz CT molecular complexity index is 1420. The number of nitrogens with zero attached hydrogens (tertiary/aromatic N) is 4. The fraction of sp³-hybridized carbons (Fsp3) is 0.217. The van der Waals surface area contributed by atoms with Crippen molar-refractivity contribution >= 4 is 60.0 Å². The van der Waals surface area contributed by atoms with Crippen molar-refractivity contribution in [2.24, 2.45) is 0 Å². The number of benzene rings is 2. The number of piperazine rings is 1. The molecule has 0 unspecified atom stereocenters. The molecule has 0 radical (unpaired) electrons. The molecule has 2 aromatic carbocycles. The number of aromatic nitrogens is 2. The zero-order valence-electron chi connectivity index (χ0n) is 18.0. The number of halogens is 2. The van der Waals surface area contributed by atoms with E-state index in [-0.39, 0.29) is 5.82 Å². The van der Waals surface area contributed by atoms with Gasteiger partial charge in [0, 0.05) is 38.1 Å². The highest BCUT2D eigenvalue weighted by Crippen LogP contribution is 2.30. The molecule has 0 saturated carbocycles. The predicted molar refractivity (Wildman–Crippen MR) is 136 cm³/mol. The topological polar surface area (TPSA) is 78.4 Å². The molecule has 34 heavy (non-hydrogen) atoms. The lowest BCUT2D eigenvalue weighted by Gasteiger charge is -2.34. The van der Waals surface area contributed by atoms with Crippen LogP contribution in [0.5, 0.6) is 0 Å². The van der Waals surface area contributed by atoms with Crippen molar-refractivity contribution in [1.29, 1.82) is 0 Å². The molecule has 176 valence electrons. The van der Waals surface area contributed by atoms with E-state index in [1.54, 1.807) is 24.3 Å². The highest BCUT2D eigenvalue weighted by molar-refractivity contribution is 9.11. The van der Waals surface area contributed by atoms with Crippen LogP contribution in [0, 0.1) is 5.82 Å². The van der Waals surface area contributed by atoms with Crippen LogP contribution in [-0.4, -0.2) is 48.9 Å². The van der Waals surface area contributed by atoms with Gasteiger partial charge in [-0.3, -0.25) is 0 Å². The van der Waals surface area contributed by atoms with Crippen LogP contribution in [0.4, 0.5) is 16.2 Å². The molecule has 0 amide bonds. The van der Waals surface area contributed by atoms with Gasteiger partial charge in [0.05, 0.1) is 9.30 Å². The molecule has 1 saturated heterocycles. The zero-order chi connectivity index (χ0) is 23.7. The summed E-state index contributed by atoms with van der Waals surface area (Å²) in [5.74, 6) is 0.964. The van der Waals surface area contributed by atoms with Gasteiger partial charge < -0.3 is 10.2 Å². The molecule has 11 heteroatoms. The normalized spacial score (nSPS) is 15.1. The molecule has 1 fully saturated rings. The standard InChI is InChI=1S/C23H21BrFN5O2S2/c24-20-9-10-21(33-20)34(31,32)30-13-11-29(12-14-30)23-27-19-4-2-1-3-18(19)22(28-23)26-15-16-5-7-17(25)8-6-16/h1-10H,11-15H2,(H,26,27,28). The van der Waals surface area contributed by atoms with Crippen LogP contribution in [0.15, 0.2) is 68.7 Å². The molecule has 1 aliphatic rings. The Morgan fingerprint density at radius 1 is 0.971 bits per heavy atom. The number of sulfonamides is 1. The summed E-state index contributed by atoms with van der Waals surface area (Å²) in [5, 5.41) is 4.24. The van der Waals surface area contributed by atoms with Crippen molar-refractivity contribution in [2.75, 3.05) is 36.4 Å². The molecule has 5 rings (SSSR count). The number of nitrogens with one attached hydrogen (secondary N) is 1. The van der Waals surface area contributed by atoms with Crippen LogP contribution in [-0.2, 0) is 16.6 Å². The minimum Gasteiger partial charge on any atom is -0.365 e. The number of hydrogen-bond acceptors (Lipinski definition) is 7. The first-order valence-corrected chi connectivity index (χ1v) is 13.7. The largest absolute Gasteiger partial charge is 0.365 e. The molecule has 1 N–H and O–H groups in total. The third kappa shape index (κ3) is 4.78. The maximum Gasteiger partial charge on any atom is 0.252 e. The van der Waals surface area contributed by atoms with Gasteiger partial charge in [-0.1, -0.05) is 24.3 Å². The van der Waals surface area contributed by atoms with Gasteiger partial charge in [-0.05, 0) is 57.9 Å². The Labute approximate surface area is 209 Å². The van der Waals surface area contributed by atoms with Crippen LogP contribution in [0.25, 0.3) is 10.9 Å². The van der Waals surface area contributed by atoms with Gasteiger partial charge in [-0.2, -0.15) is 9.29 Å². The van der Waals surface area contributed by atoms with E-state index in [0.29, 0.717) is 48.7 Å². The Morgan fingerprint density at radius 2 is 1.71 bits per heavy atom. The number of para-hydroxylation sites is 1. The summed E-state index contributed by atoms with van der Waals surface area (Å²) in [6.07, 6.45) is 0. The lowest BCUT2D eigenvalue weighted by molar-refractivity contribution is 0.383. The number of anilines is 2. The summed E-state index contributed by atoms with van der Waals surface area (Å²) in [6, 6.07) is 17.4. The van der Waals surface area contributed by atoms with Gasteiger partial charge in [0.1, 0.15) is 15.8 Å². The van der Waals surface area contributed by atoms with Crippen molar-refractivity contribution < 1.29 is 12.8 Å². The third-order valence-corrected chi connectivity index (χ3v) is 9.62. The average Bonchev–Trinajstić information content (AvgIpc) is 3.30. The van der Waals surface area contributed by atoms with Crippen molar-refractivity contribution in [1.82, 2.24) is 14.3 Å². The van der Waals surface area contributed by atoms with E-state index in [0.717, 1.165) is 20.3 Å². The summed E-state index contributed by atoms with van der Waals surface area (Å²) >= 11 is 4.55. The maximum absolute atomic E-state index is 13.2. The molecule has 0 aliphatic carbocycles. The van der Waals surface area contributed by atoms with Crippen LogP contribution >= 0.6 is 27.3 Å². The minimum atomic E-state index is -3.52. The summed E-state index contributed by atoms with van der Waals surface area (Å²) in [6.45, 7) is 2.17. The van der Waals surface area contributed by atoms with Crippen molar-refractivity contribution in [3.8, 4) is 0 Å². The van der Waals surface area contributed by atoms with Gasteiger partial charge in [0.15, 0.2) is 0 Å². The monoisotopic (exact) mass is 561 g/mol. The maximum atomic E-state index is 13.2. The van der Waals surface area contributed by atoms with E-state index in [4.69, 9.17) is 9.97 Å². The predicted octanol–water partition coefficient (Wildman–Crippen LogP) is 4.72. The SMILES string of the molecule is O=S(=O)(c1ccc(Br)s1)N1CCN(c2nc(NCc3ccc(F)cc3)c3ccccc3n2)CC1.